The van der Waals surface area contributed by atoms with E-state index in [0.29, 0.717) is 6.04 Å². The Morgan fingerprint density at radius 3 is 2.76 bits per heavy atom. The first-order valence-electron chi connectivity index (χ1n) is 5.85. The van der Waals surface area contributed by atoms with E-state index in [0.717, 1.165) is 13.1 Å². The molecule has 0 aromatic carbocycles. The molecule has 2 heterocycles. The highest BCUT2D eigenvalue weighted by molar-refractivity contribution is 5.09. The number of rotatable bonds is 5. The maximum Gasteiger partial charge on any atom is 0.0560 e. The van der Waals surface area contributed by atoms with E-state index < -0.39 is 0 Å². The Balaban J connectivity index is 1.80. The van der Waals surface area contributed by atoms with Crippen molar-refractivity contribution in [3.05, 3.63) is 48.0 Å². The predicted octanol–water partition coefficient (Wildman–Crippen LogP) is 1.76. The molecule has 0 saturated carbocycles. The third kappa shape index (κ3) is 3.67. The highest BCUT2D eigenvalue weighted by atomic mass is 15.3. The fourth-order valence-corrected chi connectivity index (χ4v) is 1.70. The Bertz CT molecular complexity index is 449. The summed E-state index contributed by atoms with van der Waals surface area (Å²) >= 11 is 0. The van der Waals surface area contributed by atoms with Gasteiger partial charge in [-0.05, 0) is 37.1 Å². The van der Waals surface area contributed by atoms with Gasteiger partial charge in [-0.3, -0.25) is 9.67 Å². The minimum absolute atomic E-state index is 0.391. The van der Waals surface area contributed by atoms with Crippen molar-refractivity contribution in [3.63, 3.8) is 0 Å². The number of aromatic nitrogens is 3. The average molecular weight is 230 g/mol. The van der Waals surface area contributed by atoms with Gasteiger partial charge in [0.25, 0.3) is 0 Å². The van der Waals surface area contributed by atoms with Crippen LogP contribution in [0.1, 0.15) is 18.1 Å². The SMILES string of the molecule is Cc1cnn(C[C@@H](C)NCc2ccncc2)c1. The smallest absolute Gasteiger partial charge is 0.0560 e. The molecule has 0 radical (unpaired) electrons. The number of hydrogen-bond donors (Lipinski definition) is 1. The fourth-order valence-electron chi connectivity index (χ4n) is 1.70. The van der Waals surface area contributed by atoms with Crippen LogP contribution in [0.25, 0.3) is 0 Å². The second-order valence-corrected chi connectivity index (χ2v) is 4.38. The maximum atomic E-state index is 4.28. The Morgan fingerprint density at radius 2 is 2.12 bits per heavy atom. The third-order valence-corrected chi connectivity index (χ3v) is 2.63. The first-order valence-corrected chi connectivity index (χ1v) is 5.85. The molecular formula is C13H18N4. The van der Waals surface area contributed by atoms with Crippen molar-refractivity contribution in [2.45, 2.75) is 33.0 Å². The number of hydrogen-bond acceptors (Lipinski definition) is 3. The summed E-state index contributed by atoms with van der Waals surface area (Å²) in [6, 6.07) is 4.44. The molecule has 0 amide bonds. The van der Waals surface area contributed by atoms with E-state index in [4.69, 9.17) is 0 Å². The van der Waals surface area contributed by atoms with Gasteiger partial charge in [0.1, 0.15) is 0 Å². The van der Waals surface area contributed by atoms with Crippen LogP contribution in [0, 0.1) is 6.92 Å². The molecule has 1 atom stereocenters. The van der Waals surface area contributed by atoms with Crippen molar-refractivity contribution in [2.24, 2.45) is 0 Å². The van der Waals surface area contributed by atoms with Gasteiger partial charge in [-0.25, -0.2) is 0 Å². The van der Waals surface area contributed by atoms with Crippen LogP contribution in [-0.2, 0) is 13.1 Å². The quantitative estimate of drug-likeness (QED) is 0.851. The molecular weight excluding hydrogens is 212 g/mol. The van der Waals surface area contributed by atoms with Crippen molar-refractivity contribution in [1.29, 1.82) is 0 Å². The van der Waals surface area contributed by atoms with Crippen LogP contribution < -0.4 is 5.32 Å². The van der Waals surface area contributed by atoms with E-state index >= 15 is 0 Å². The molecule has 90 valence electrons. The maximum absolute atomic E-state index is 4.28. The lowest BCUT2D eigenvalue weighted by Gasteiger charge is -2.13. The van der Waals surface area contributed by atoms with E-state index in [-0.39, 0.29) is 0 Å². The van der Waals surface area contributed by atoms with E-state index in [9.17, 15) is 0 Å². The van der Waals surface area contributed by atoms with Gasteiger partial charge in [0, 0.05) is 31.2 Å². The van der Waals surface area contributed by atoms with Gasteiger partial charge in [0.15, 0.2) is 0 Å². The van der Waals surface area contributed by atoms with Crippen LogP contribution in [0.4, 0.5) is 0 Å². The number of nitrogens with one attached hydrogen (secondary N) is 1. The lowest BCUT2D eigenvalue weighted by Crippen LogP contribution is -2.30. The predicted molar refractivity (Wildman–Crippen MR) is 67.5 cm³/mol. The van der Waals surface area contributed by atoms with Gasteiger partial charge in [-0.15, -0.1) is 0 Å². The van der Waals surface area contributed by atoms with E-state index in [1.54, 1.807) is 0 Å². The Labute approximate surface area is 102 Å². The molecule has 4 nitrogen and oxygen atoms in total. The molecule has 0 aliphatic heterocycles. The molecule has 2 rings (SSSR count). The molecule has 4 heteroatoms. The van der Waals surface area contributed by atoms with Gasteiger partial charge in [-0.1, -0.05) is 0 Å². The van der Waals surface area contributed by atoms with Gasteiger partial charge < -0.3 is 5.32 Å². The van der Waals surface area contributed by atoms with Crippen molar-refractivity contribution in [1.82, 2.24) is 20.1 Å². The fraction of sp³-hybridized carbons (Fsp3) is 0.385. The van der Waals surface area contributed by atoms with Crippen molar-refractivity contribution in [2.75, 3.05) is 0 Å². The van der Waals surface area contributed by atoms with Gasteiger partial charge in [0.05, 0.1) is 12.7 Å². The van der Waals surface area contributed by atoms with Crippen LogP contribution in [0.15, 0.2) is 36.9 Å². The zero-order chi connectivity index (χ0) is 12.1. The van der Waals surface area contributed by atoms with Gasteiger partial charge >= 0.3 is 0 Å². The zero-order valence-corrected chi connectivity index (χ0v) is 10.3. The minimum atomic E-state index is 0.391. The summed E-state index contributed by atoms with van der Waals surface area (Å²) in [5, 5.41) is 7.75. The van der Waals surface area contributed by atoms with E-state index in [1.807, 2.05) is 35.4 Å². The summed E-state index contributed by atoms with van der Waals surface area (Å²) in [5.41, 5.74) is 2.45. The highest BCUT2D eigenvalue weighted by Gasteiger charge is 2.03. The molecule has 0 spiro atoms. The Morgan fingerprint density at radius 1 is 1.35 bits per heavy atom. The van der Waals surface area contributed by atoms with Crippen LogP contribution in [-0.4, -0.2) is 20.8 Å². The first kappa shape index (κ1) is 11.8. The normalized spacial score (nSPS) is 12.6. The molecule has 17 heavy (non-hydrogen) atoms. The molecule has 2 aromatic heterocycles. The second-order valence-electron chi connectivity index (χ2n) is 4.38. The Kier molecular flexibility index (Phi) is 3.88. The standard InChI is InChI=1S/C13H18N4/c1-11-7-16-17(9-11)10-12(2)15-8-13-3-5-14-6-4-13/h3-7,9,12,15H,8,10H2,1-2H3/t12-/m1/s1. The summed E-state index contributed by atoms with van der Waals surface area (Å²) in [6.07, 6.45) is 7.58. The van der Waals surface area contributed by atoms with Crippen molar-refractivity contribution < 1.29 is 0 Å². The molecule has 1 N–H and O–H groups in total. The summed E-state index contributed by atoms with van der Waals surface area (Å²) < 4.78 is 1.97. The zero-order valence-electron chi connectivity index (χ0n) is 10.3. The summed E-state index contributed by atoms with van der Waals surface area (Å²) in [5.74, 6) is 0. The molecule has 2 aromatic rings. The lowest BCUT2D eigenvalue weighted by molar-refractivity contribution is 0.450. The number of nitrogens with zero attached hydrogens (tertiary/aromatic N) is 3. The number of aryl methyl sites for hydroxylation is 1. The minimum Gasteiger partial charge on any atom is -0.308 e. The lowest BCUT2D eigenvalue weighted by atomic mass is 10.2. The molecule has 0 unspecified atom stereocenters. The number of pyridine rings is 1. The first-order chi connectivity index (χ1) is 8.24. The molecule has 0 saturated heterocycles. The van der Waals surface area contributed by atoms with Crippen molar-refractivity contribution in [3.8, 4) is 0 Å². The summed E-state index contributed by atoms with van der Waals surface area (Å²) in [7, 11) is 0. The van der Waals surface area contributed by atoms with E-state index in [1.165, 1.54) is 11.1 Å². The Hall–Kier alpha value is -1.68. The summed E-state index contributed by atoms with van der Waals surface area (Å²) in [6.45, 7) is 5.97. The van der Waals surface area contributed by atoms with E-state index in [2.05, 4.69) is 35.4 Å². The van der Waals surface area contributed by atoms with Crippen LogP contribution >= 0.6 is 0 Å². The summed E-state index contributed by atoms with van der Waals surface area (Å²) in [4.78, 5) is 4.00. The van der Waals surface area contributed by atoms with Crippen LogP contribution in [0.3, 0.4) is 0 Å². The van der Waals surface area contributed by atoms with Gasteiger partial charge in [-0.2, -0.15) is 5.10 Å². The third-order valence-electron chi connectivity index (χ3n) is 2.63. The highest BCUT2D eigenvalue weighted by Crippen LogP contribution is 1.99. The largest absolute Gasteiger partial charge is 0.308 e. The molecule has 0 bridgehead atoms. The van der Waals surface area contributed by atoms with Crippen LogP contribution in [0.5, 0.6) is 0 Å². The van der Waals surface area contributed by atoms with Crippen molar-refractivity contribution >= 4 is 0 Å². The molecule has 0 aliphatic carbocycles. The molecule has 0 aliphatic rings. The van der Waals surface area contributed by atoms with Crippen LogP contribution in [0.2, 0.25) is 0 Å². The second kappa shape index (κ2) is 5.59. The topological polar surface area (TPSA) is 42.7 Å². The monoisotopic (exact) mass is 230 g/mol. The van der Waals surface area contributed by atoms with Gasteiger partial charge in [0.2, 0.25) is 0 Å². The molecule has 0 fully saturated rings. The average Bonchev–Trinajstić information content (AvgIpc) is 2.73.